The van der Waals surface area contributed by atoms with Gasteiger partial charge in [-0.3, -0.25) is 4.79 Å². The Balaban J connectivity index is 1.84. The van der Waals surface area contributed by atoms with Crippen LogP contribution in [0.25, 0.3) is 22.2 Å². The van der Waals surface area contributed by atoms with Crippen LogP contribution in [0.4, 0.5) is 5.82 Å². The lowest BCUT2D eigenvalue weighted by atomic mass is 10.2. The molecule has 1 N–H and O–H groups in total. The summed E-state index contributed by atoms with van der Waals surface area (Å²) in [5.41, 5.74) is 2.72. The van der Waals surface area contributed by atoms with E-state index in [0.717, 1.165) is 5.56 Å². The Labute approximate surface area is 213 Å². The third kappa shape index (κ3) is 4.04. The molecule has 2 heterocycles. The Morgan fingerprint density at radius 3 is 2.31 bits per heavy atom. The summed E-state index contributed by atoms with van der Waals surface area (Å²) in [6.07, 6.45) is 1.60. The summed E-state index contributed by atoms with van der Waals surface area (Å²) < 4.78 is 29.7. The van der Waals surface area contributed by atoms with Crippen molar-refractivity contribution in [1.82, 2.24) is 14.5 Å². The Morgan fingerprint density at radius 1 is 1.00 bits per heavy atom. The Morgan fingerprint density at radius 2 is 1.64 bits per heavy atom. The fourth-order valence-electron chi connectivity index (χ4n) is 4.01. The van der Waals surface area contributed by atoms with Gasteiger partial charge in [0, 0.05) is 6.54 Å². The predicted octanol–water partition coefficient (Wildman–Crippen LogP) is 5.82. The number of nitrogens with one attached hydrogen (secondary N) is 1. The number of aromatic nitrogens is 3. The molecule has 0 saturated heterocycles. The number of sulfone groups is 1. The summed E-state index contributed by atoms with van der Waals surface area (Å²) in [7, 11) is -4.12. The highest BCUT2D eigenvalue weighted by atomic mass is 35.5. The van der Waals surface area contributed by atoms with E-state index in [2.05, 4.69) is 16.9 Å². The maximum Gasteiger partial charge on any atom is 0.258 e. The molecular formula is C27H21ClN4O3S. The number of para-hydroxylation sites is 2. The fraction of sp³-hybridized carbons (Fsp3) is 0.0741. The van der Waals surface area contributed by atoms with Gasteiger partial charge in [-0.2, -0.15) is 0 Å². The molecule has 0 aliphatic rings. The Kier molecular flexibility index (Phi) is 6.07. The van der Waals surface area contributed by atoms with Crippen LogP contribution in [0.15, 0.2) is 95.2 Å². The van der Waals surface area contributed by atoms with E-state index in [1.54, 1.807) is 65.2 Å². The molecule has 180 valence electrons. The monoisotopic (exact) mass is 516 g/mol. The lowest BCUT2D eigenvalue weighted by molar-refractivity contribution is 0.102. The first kappa shape index (κ1) is 23.7. The Hall–Kier alpha value is -4.01. The quantitative estimate of drug-likeness (QED) is 0.287. The molecule has 0 radical (unpaired) electrons. The van der Waals surface area contributed by atoms with Crippen LogP contribution < -0.4 is 5.32 Å². The molecule has 0 bridgehead atoms. The molecule has 5 rings (SSSR count). The summed E-state index contributed by atoms with van der Waals surface area (Å²) in [6.45, 7) is 5.86. The molecule has 0 atom stereocenters. The first-order chi connectivity index (χ1) is 17.3. The number of fused-ring (bicyclic) bond motifs is 2. The van der Waals surface area contributed by atoms with E-state index < -0.39 is 15.7 Å². The van der Waals surface area contributed by atoms with Crippen LogP contribution >= 0.6 is 11.6 Å². The molecule has 0 spiro atoms. The smallest absolute Gasteiger partial charge is 0.258 e. The van der Waals surface area contributed by atoms with Crippen molar-refractivity contribution >= 4 is 55.4 Å². The number of benzene rings is 3. The van der Waals surface area contributed by atoms with E-state index >= 15 is 0 Å². The Bertz CT molecular complexity index is 1760. The summed E-state index contributed by atoms with van der Waals surface area (Å²) in [5, 5.41) is 3.03. The molecule has 3 aromatic carbocycles. The lowest BCUT2D eigenvalue weighted by Gasteiger charge is -2.13. The first-order valence-corrected chi connectivity index (χ1v) is 12.9. The van der Waals surface area contributed by atoms with Crippen LogP contribution in [0.5, 0.6) is 0 Å². The van der Waals surface area contributed by atoms with Crippen molar-refractivity contribution in [2.75, 3.05) is 5.32 Å². The molecule has 36 heavy (non-hydrogen) atoms. The fourth-order valence-corrected chi connectivity index (χ4v) is 5.77. The number of carbonyl (C=O) groups excluding carboxylic acids is 1. The van der Waals surface area contributed by atoms with Gasteiger partial charge in [0.2, 0.25) is 9.84 Å². The number of anilines is 1. The van der Waals surface area contributed by atoms with Crippen molar-refractivity contribution in [3.05, 3.63) is 102 Å². The number of rotatable bonds is 6. The van der Waals surface area contributed by atoms with E-state index in [1.165, 1.54) is 12.1 Å². The number of hydrogen-bond donors (Lipinski definition) is 1. The van der Waals surface area contributed by atoms with Gasteiger partial charge < -0.3 is 9.88 Å². The number of hydrogen-bond acceptors (Lipinski definition) is 5. The molecule has 7 nitrogen and oxygen atoms in total. The van der Waals surface area contributed by atoms with Crippen molar-refractivity contribution in [3.8, 4) is 0 Å². The number of allylic oxidation sites excluding steroid dienone is 1. The lowest BCUT2D eigenvalue weighted by Crippen LogP contribution is -2.18. The van der Waals surface area contributed by atoms with Gasteiger partial charge in [0.05, 0.1) is 26.5 Å². The van der Waals surface area contributed by atoms with Crippen LogP contribution in [0.1, 0.15) is 15.9 Å². The van der Waals surface area contributed by atoms with Gasteiger partial charge in [-0.15, -0.1) is 6.58 Å². The maximum atomic E-state index is 14.0. The molecule has 0 aliphatic carbocycles. The minimum Gasteiger partial charge on any atom is -0.307 e. The van der Waals surface area contributed by atoms with Gasteiger partial charge in [0.1, 0.15) is 16.2 Å². The molecule has 1 amide bonds. The number of carbonyl (C=O) groups is 1. The molecule has 2 aromatic heterocycles. The second-order valence-electron chi connectivity index (χ2n) is 8.21. The number of halogens is 1. The zero-order valence-corrected chi connectivity index (χ0v) is 20.8. The van der Waals surface area contributed by atoms with Gasteiger partial charge in [0.15, 0.2) is 5.65 Å². The minimum absolute atomic E-state index is 0.0469. The number of aryl methyl sites for hydroxylation is 1. The van der Waals surface area contributed by atoms with Crippen molar-refractivity contribution in [1.29, 1.82) is 0 Å². The van der Waals surface area contributed by atoms with Crippen LogP contribution in [-0.4, -0.2) is 28.9 Å². The minimum atomic E-state index is -4.12. The van der Waals surface area contributed by atoms with Crippen LogP contribution in [0, 0.1) is 6.92 Å². The molecular weight excluding hydrogens is 496 g/mol. The highest BCUT2D eigenvalue weighted by Gasteiger charge is 2.32. The zero-order chi connectivity index (χ0) is 25.4. The second-order valence-corrected chi connectivity index (χ2v) is 10.5. The van der Waals surface area contributed by atoms with E-state index in [1.807, 2.05) is 13.0 Å². The average Bonchev–Trinajstić information content (AvgIpc) is 3.15. The van der Waals surface area contributed by atoms with E-state index in [0.29, 0.717) is 16.7 Å². The van der Waals surface area contributed by atoms with Crippen molar-refractivity contribution in [2.24, 2.45) is 0 Å². The molecule has 0 aliphatic heterocycles. The average molecular weight is 517 g/mol. The van der Waals surface area contributed by atoms with Crippen LogP contribution in [0.2, 0.25) is 5.02 Å². The van der Waals surface area contributed by atoms with Gasteiger partial charge in [-0.05, 0) is 43.3 Å². The summed E-state index contributed by atoms with van der Waals surface area (Å²) in [4.78, 5) is 22.6. The normalized spacial score (nSPS) is 11.6. The molecule has 0 fully saturated rings. The summed E-state index contributed by atoms with van der Waals surface area (Å²) in [5.74, 6) is -0.510. The largest absolute Gasteiger partial charge is 0.307 e. The van der Waals surface area contributed by atoms with Crippen molar-refractivity contribution in [3.63, 3.8) is 0 Å². The second kappa shape index (κ2) is 9.22. The van der Waals surface area contributed by atoms with Gasteiger partial charge in [-0.1, -0.05) is 59.6 Å². The number of amides is 1. The summed E-state index contributed by atoms with van der Waals surface area (Å²) in [6, 6.07) is 20.3. The van der Waals surface area contributed by atoms with Crippen molar-refractivity contribution < 1.29 is 13.2 Å². The highest BCUT2D eigenvalue weighted by Crippen LogP contribution is 2.37. The van der Waals surface area contributed by atoms with Gasteiger partial charge in [0.25, 0.3) is 5.91 Å². The zero-order valence-electron chi connectivity index (χ0n) is 19.3. The number of nitrogens with zero attached hydrogens (tertiary/aromatic N) is 3. The first-order valence-electron chi connectivity index (χ1n) is 11.1. The van der Waals surface area contributed by atoms with Crippen molar-refractivity contribution in [2.45, 2.75) is 23.3 Å². The van der Waals surface area contributed by atoms with Gasteiger partial charge in [-0.25, -0.2) is 18.4 Å². The third-order valence-corrected chi connectivity index (χ3v) is 7.92. The van der Waals surface area contributed by atoms with E-state index in [9.17, 15) is 13.2 Å². The summed E-state index contributed by atoms with van der Waals surface area (Å²) >= 11 is 6.25. The molecule has 0 unspecified atom stereocenters. The standard InChI is InChI=1S/C27H21ClN4O3S/c1-3-16-32-25-23(29-21-10-6-7-11-22(21)30-25)24(36(34,35)18-14-12-17(2)13-15-18)26(32)31-27(33)19-8-4-5-9-20(19)28/h3-15H,1,16H2,2H3,(H,31,33). The topological polar surface area (TPSA) is 94.0 Å². The van der Waals surface area contributed by atoms with E-state index in [-0.39, 0.29) is 38.3 Å². The maximum absolute atomic E-state index is 14.0. The molecule has 5 aromatic rings. The van der Waals surface area contributed by atoms with Gasteiger partial charge >= 0.3 is 0 Å². The molecule has 9 heteroatoms. The predicted molar refractivity (Wildman–Crippen MR) is 141 cm³/mol. The SMILES string of the molecule is C=CCn1c(NC(=O)c2ccccc2Cl)c(S(=O)(=O)c2ccc(C)cc2)c2nc3ccccc3nc21. The van der Waals surface area contributed by atoms with Crippen LogP contribution in [-0.2, 0) is 16.4 Å². The highest BCUT2D eigenvalue weighted by molar-refractivity contribution is 7.92. The molecule has 0 saturated carbocycles. The third-order valence-electron chi connectivity index (χ3n) is 5.77. The van der Waals surface area contributed by atoms with E-state index in [4.69, 9.17) is 16.6 Å². The van der Waals surface area contributed by atoms with Crippen LogP contribution in [0.3, 0.4) is 0 Å².